The molecule has 1 aromatic carbocycles. The lowest BCUT2D eigenvalue weighted by Gasteiger charge is -2.36. The van der Waals surface area contributed by atoms with E-state index in [2.05, 4.69) is 26.6 Å². The van der Waals surface area contributed by atoms with Crippen LogP contribution >= 0.6 is 24.0 Å². The van der Waals surface area contributed by atoms with Gasteiger partial charge in [0.25, 0.3) is 0 Å². The summed E-state index contributed by atoms with van der Waals surface area (Å²) < 4.78 is 10.8. The largest absolute Gasteiger partial charge is 0.495 e. The molecule has 0 saturated carbocycles. The summed E-state index contributed by atoms with van der Waals surface area (Å²) in [5, 5.41) is 6.67. The van der Waals surface area contributed by atoms with Gasteiger partial charge < -0.3 is 25.0 Å². The van der Waals surface area contributed by atoms with Gasteiger partial charge in [-0.1, -0.05) is 12.1 Å². The summed E-state index contributed by atoms with van der Waals surface area (Å²) in [6.07, 6.45) is 2.11. The smallest absolute Gasteiger partial charge is 0.328 e. The average molecular weight is 518 g/mol. The molecule has 1 aliphatic heterocycles. The number of methoxy groups -OCH3 is 1. The fourth-order valence-corrected chi connectivity index (χ4v) is 3.24. The highest BCUT2D eigenvalue weighted by Crippen LogP contribution is 2.29. The van der Waals surface area contributed by atoms with Crippen LogP contribution in [0.2, 0.25) is 0 Å². The number of ether oxygens (including phenoxy) is 2. The number of anilines is 1. The number of hydrogen-bond donors (Lipinski definition) is 2. The second kappa shape index (κ2) is 12.1. The number of halogens is 1. The van der Waals surface area contributed by atoms with E-state index in [4.69, 9.17) is 9.47 Å². The van der Waals surface area contributed by atoms with E-state index >= 15 is 0 Å². The molecule has 8 heteroatoms. The summed E-state index contributed by atoms with van der Waals surface area (Å²) in [4.78, 5) is 18.7. The van der Waals surface area contributed by atoms with E-state index < -0.39 is 5.60 Å². The number of hydrogen-bond acceptors (Lipinski definition) is 5. The van der Waals surface area contributed by atoms with E-state index in [9.17, 15) is 4.79 Å². The summed E-state index contributed by atoms with van der Waals surface area (Å²) in [5.74, 6) is 1.19. The molecule has 29 heavy (non-hydrogen) atoms. The maximum Gasteiger partial charge on any atom is 0.328 e. The van der Waals surface area contributed by atoms with Crippen LogP contribution in [-0.4, -0.2) is 56.9 Å². The van der Waals surface area contributed by atoms with Crippen LogP contribution in [0.25, 0.3) is 0 Å². The summed E-state index contributed by atoms with van der Waals surface area (Å²) >= 11 is 0. The van der Waals surface area contributed by atoms with Crippen LogP contribution in [0.4, 0.5) is 5.69 Å². The molecule has 164 valence electrons. The number of aliphatic imine (C=N–C) groups is 1. The number of rotatable bonds is 6. The third-order valence-electron chi connectivity index (χ3n) is 4.32. The number of carbonyl (C=O) groups excluding carboxylic acids is 1. The Balaban J connectivity index is 0.00000420. The molecule has 1 saturated heterocycles. The maximum atomic E-state index is 12.0. The molecule has 1 heterocycles. The molecule has 2 rings (SSSR count). The van der Waals surface area contributed by atoms with Gasteiger partial charge >= 0.3 is 5.97 Å². The average Bonchev–Trinajstić information content (AvgIpc) is 2.65. The zero-order valence-corrected chi connectivity index (χ0v) is 20.5. The third-order valence-corrected chi connectivity index (χ3v) is 4.32. The molecule has 1 fully saturated rings. The van der Waals surface area contributed by atoms with Crippen LogP contribution in [0.5, 0.6) is 5.75 Å². The number of nitrogens with zero attached hydrogens (tertiary/aromatic N) is 2. The quantitative estimate of drug-likeness (QED) is 0.261. The minimum atomic E-state index is -0.503. The van der Waals surface area contributed by atoms with Gasteiger partial charge in [0, 0.05) is 25.7 Å². The monoisotopic (exact) mass is 518 g/mol. The molecule has 0 amide bonds. The van der Waals surface area contributed by atoms with E-state index in [1.165, 1.54) is 0 Å². The number of guanidine groups is 1. The molecule has 1 atom stereocenters. The Morgan fingerprint density at radius 2 is 2.03 bits per heavy atom. The van der Waals surface area contributed by atoms with Crippen LogP contribution < -0.4 is 20.3 Å². The van der Waals surface area contributed by atoms with Crippen molar-refractivity contribution in [3.05, 3.63) is 24.3 Å². The van der Waals surface area contributed by atoms with Crippen molar-refractivity contribution in [2.75, 3.05) is 38.2 Å². The summed E-state index contributed by atoms with van der Waals surface area (Å²) in [5.41, 5.74) is 0.601. The van der Waals surface area contributed by atoms with E-state index in [0.29, 0.717) is 5.96 Å². The molecule has 0 radical (unpaired) electrons. The van der Waals surface area contributed by atoms with Crippen molar-refractivity contribution in [3.8, 4) is 5.75 Å². The van der Waals surface area contributed by atoms with Gasteiger partial charge in [-0.05, 0) is 52.7 Å². The first-order valence-electron chi connectivity index (χ1n) is 9.97. The topological polar surface area (TPSA) is 75.2 Å². The van der Waals surface area contributed by atoms with Crippen molar-refractivity contribution in [2.45, 2.75) is 52.2 Å². The van der Waals surface area contributed by atoms with Crippen LogP contribution in [0, 0.1) is 0 Å². The summed E-state index contributed by atoms with van der Waals surface area (Å²) in [6.45, 7) is 10.1. The highest BCUT2D eigenvalue weighted by atomic mass is 127. The first-order chi connectivity index (χ1) is 13.3. The van der Waals surface area contributed by atoms with Gasteiger partial charge in [0.05, 0.1) is 12.8 Å². The molecule has 7 nitrogen and oxygen atoms in total. The van der Waals surface area contributed by atoms with Crippen molar-refractivity contribution >= 4 is 41.6 Å². The van der Waals surface area contributed by atoms with Gasteiger partial charge in [-0.3, -0.25) is 4.79 Å². The number of benzene rings is 1. The first kappa shape index (κ1) is 25.3. The molecule has 0 aromatic heterocycles. The Labute approximate surface area is 191 Å². The normalized spacial score (nSPS) is 17.2. The Hall–Kier alpha value is -1.71. The fourth-order valence-electron chi connectivity index (χ4n) is 3.24. The number of esters is 1. The lowest BCUT2D eigenvalue weighted by atomic mass is 10.0. The molecule has 1 aliphatic rings. The predicted molar refractivity (Wildman–Crippen MR) is 129 cm³/mol. The number of para-hydroxylation sites is 2. The second-order valence-corrected chi connectivity index (χ2v) is 7.88. The molecule has 1 unspecified atom stereocenters. The SMILES string of the molecule is CCNC(=NCC(=O)OC(C)(C)C)NC1CCCN(c2ccccc2OC)C1.I. The summed E-state index contributed by atoms with van der Waals surface area (Å²) in [7, 11) is 1.70. The molecule has 0 aliphatic carbocycles. The fraction of sp³-hybridized carbons (Fsp3) is 0.619. The van der Waals surface area contributed by atoms with Crippen molar-refractivity contribution < 1.29 is 14.3 Å². The number of nitrogens with one attached hydrogen (secondary N) is 2. The van der Waals surface area contributed by atoms with Gasteiger partial charge in [0.2, 0.25) is 0 Å². The highest BCUT2D eigenvalue weighted by Gasteiger charge is 2.23. The molecule has 0 bridgehead atoms. The Morgan fingerprint density at radius 1 is 1.31 bits per heavy atom. The van der Waals surface area contributed by atoms with Gasteiger partial charge in [0.15, 0.2) is 5.96 Å². The van der Waals surface area contributed by atoms with Crippen LogP contribution in [0.1, 0.15) is 40.5 Å². The highest BCUT2D eigenvalue weighted by molar-refractivity contribution is 14.0. The van der Waals surface area contributed by atoms with E-state index in [-0.39, 0.29) is 42.5 Å². The lowest BCUT2D eigenvalue weighted by molar-refractivity contribution is -0.152. The van der Waals surface area contributed by atoms with Crippen molar-refractivity contribution in [1.82, 2.24) is 10.6 Å². The zero-order chi connectivity index (χ0) is 20.6. The first-order valence-corrected chi connectivity index (χ1v) is 9.97. The van der Waals surface area contributed by atoms with Gasteiger partial charge in [-0.2, -0.15) is 0 Å². The lowest BCUT2D eigenvalue weighted by Crippen LogP contribution is -2.51. The van der Waals surface area contributed by atoms with E-state index in [1.54, 1.807) is 7.11 Å². The standard InChI is InChI=1S/C21H34N4O3.HI/c1-6-22-20(23-14-19(26)28-21(2,3)4)24-16-10-9-13-25(15-16)17-11-7-8-12-18(17)27-5;/h7-8,11-12,16H,6,9-10,13-15H2,1-5H3,(H2,22,23,24);1H. The molecular formula is C21H35IN4O3. The molecule has 2 N–H and O–H groups in total. The molecule has 1 aromatic rings. The molecule has 0 spiro atoms. The Bertz CT molecular complexity index is 676. The van der Waals surface area contributed by atoms with Crippen LogP contribution in [0.15, 0.2) is 29.3 Å². The van der Waals surface area contributed by atoms with Crippen LogP contribution in [-0.2, 0) is 9.53 Å². The third kappa shape index (κ3) is 8.67. The maximum absolute atomic E-state index is 12.0. The van der Waals surface area contributed by atoms with E-state index in [0.717, 1.165) is 43.9 Å². The number of piperidine rings is 1. The van der Waals surface area contributed by atoms with Gasteiger partial charge in [0.1, 0.15) is 17.9 Å². The van der Waals surface area contributed by atoms with E-state index in [1.807, 2.05) is 45.9 Å². The second-order valence-electron chi connectivity index (χ2n) is 7.88. The Kier molecular flexibility index (Phi) is 10.6. The molecular weight excluding hydrogens is 483 g/mol. The van der Waals surface area contributed by atoms with Crippen molar-refractivity contribution in [1.29, 1.82) is 0 Å². The number of carbonyl (C=O) groups is 1. The van der Waals surface area contributed by atoms with Crippen molar-refractivity contribution in [3.63, 3.8) is 0 Å². The zero-order valence-electron chi connectivity index (χ0n) is 18.2. The van der Waals surface area contributed by atoms with Gasteiger partial charge in [-0.25, -0.2) is 4.99 Å². The van der Waals surface area contributed by atoms with Crippen LogP contribution in [0.3, 0.4) is 0 Å². The Morgan fingerprint density at radius 3 is 2.69 bits per heavy atom. The minimum Gasteiger partial charge on any atom is -0.495 e. The van der Waals surface area contributed by atoms with Gasteiger partial charge in [-0.15, -0.1) is 24.0 Å². The minimum absolute atomic E-state index is 0. The summed E-state index contributed by atoms with van der Waals surface area (Å²) in [6, 6.07) is 8.31. The predicted octanol–water partition coefficient (Wildman–Crippen LogP) is 3.18. The van der Waals surface area contributed by atoms with Crippen molar-refractivity contribution in [2.24, 2.45) is 4.99 Å².